The van der Waals surface area contributed by atoms with Gasteiger partial charge in [-0.3, -0.25) is 4.99 Å². The summed E-state index contributed by atoms with van der Waals surface area (Å²) in [6.45, 7) is 2.51. The normalized spacial score (nSPS) is 27.5. The van der Waals surface area contributed by atoms with Crippen LogP contribution in [-0.4, -0.2) is 32.3 Å². The average Bonchev–Trinajstić information content (AvgIpc) is 2.42. The van der Waals surface area contributed by atoms with Crippen molar-refractivity contribution in [3.05, 3.63) is 0 Å². The number of amidine groups is 1. The Morgan fingerprint density at radius 1 is 1.69 bits per heavy atom. The van der Waals surface area contributed by atoms with Crippen LogP contribution in [0, 0.1) is 5.92 Å². The average molecular weight is 205 g/mol. The van der Waals surface area contributed by atoms with Gasteiger partial charge in [0, 0.05) is 12.5 Å². The third-order valence-electron chi connectivity index (χ3n) is 2.10. The lowest BCUT2D eigenvalue weighted by Crippen LogP contribution is -2.36. The van der Waals surface area contributed by atoms with Gasteiger partial charge in [-0.1, -0.05) is 0 Å². The Balaban J connectivity index is 2.69. The van der Waals surface area contributed by atoms with Gasteiger partial charge in [0.05, 0.1) is 11.5 Å². The van der Waals surface area contributed by atoms with Gasteiger partial charge in [0.15, 0.2) is 9.84 Å². The van der Waals surface area contributed by atoms with Gasteiger partial charge in [-0.05, 0) is 13.3 Å². The zero-order chi connectivity index (χ0) is 9.90. The molecule has 1 aliphatic heterocycles. The van der Waals surface area contributed by atoms with Crippen molar-refractivity contribution in [2.24, 2.45) is 16.8 Å². The standard InChI is InChI=1S/C7H15N3O2S/c1-2-9-7(10-8)6-3-4-13(11,12)5-6/h6H,2-5,8H2,1H3,(H,9,10). The van der Waals surface area contributed by atoms with Crippen LogP contribution in [0.4, 0.5) is 0 Å². The second kappa shape index (κ2) is 4.06. The van der Waals surface area contributed by atoms with E-state index in [9.17, 15) is 8.42 Å². The summed E-state index contributed by atoms with van der Waals surface area (Å²) in [7, 11) is -2.85. The third kappa shape index (κ3) is 2.67. The highest BCUT2D eigenvalue weighted by Gasteiger charge is 2.30. The maximum absolute atomic E-state index is 11.1. The molecule has 3 N–H and O–H groups in total. The quantitative estimate of drug-likeness (QED) is 0.270. The van der Waals surface area contributed by atoms with Crippen molar-refractivity contribution in [2.45, 2.75) is 13.3 Å². The number of sulfone groups is 1. The summed E-state index contributed by atoms with van der Waals surface area (Å²) in [6.07, 6.45) is 0.630. The molecule has 0 amide bonds. The van der Waals surface area contributed by atoms with Crippen LogP contribution in [0.5, 0.6) is 0 Å². The van der Waals surface area contributed by atoms with Gasteiger partial charge in [0.25, 0.3) is 0 Å². The first kappa shape index (κ1) is 10.5. The first-order valence-corrected chi connectivity index (χ1v) is 6.12. The van der Waals surface area contributed by atoms with Crippen LogP contribution in [0.3, 0.4) is 0 Å². The van der Waals surface area contributed by atoms with Crippen LogP contribution in [0.15, 0.2) is 4.99 Å². The summed E-state index contributed by atoms with van der Waals surface area (Å²) < 4.78 is 22.3. The maximum Gasteiger partial charge on any atom is 0.151 e. The number of nitrogens with zero attached hydrogens (tertiary/aromatic N) is 1. The van der Waals surface area contributed by atoms with Crippen molar-refractivity contribution in [3.8, 4) is 0 Å². The highest BCUT2D eigenvalue weighted by molar-refractivity contribution is 7.91. The minimum absolute atomic E-state index is 0.0325. The Labute approximate surface area is 78.3 Å². The number of nitrogens with two attached hydrogens (primary N) is 1. The highest BCUT2D eigenvalue weighted by atomic mass is 32.2. The zero-order valence-corrected chi connectivity index (χ0v) is 8.47. The first-order valence-electron chi connectivity index (χ1n) is 4.30. The Hall–Kier alpha value is -0.620. The molecule has 6 heteroatoms. The molecule has 0 aliphatic carbocycles. The molecule has 0 radical (unpaired) electrons. The van der Waals surface area contributed by atoms with E-state index >= 15 is 0 Å². The number of rotatable bonds is 2. The molecule has 0 spiro atoms. The van der Waals surface area contributed by atoms with Crippen molar-refractivity contribution in [1.82, 2.24) is 5.43 Å². The largest absolute Gasteiger partial charge is 0.312 e. The van der Waals surface area contributed by atoms with Crippen LogP contribution in [0.1, 0.15) is 13.3 Å². The SMILES string of the molecule is CCN=C(NN)C1CCS(=O)(=O)C1. The fourth-order valence-corrected chi connectivity index (χ4v) is 3.22. The first-order chi connectivity index (χ1) is 6.09. The Morgan fingerprint density at radius 2 is 2.38 bits per heavy atom. The van der Waals surface area contributed by atoms with Crippen molar-refractivity contribution < 1.29 is 8.42 Å². The number of aliphatic imine (C=N–C) groups is 1. The van der Waals surface area contributed by atoms with Crippen molar-refractivity contribution >= 4 is 15.7 Å². The minimum atomic E-state index is -2.85. The fraction of sp³-hybridized carbons (Fsp3) is 0.857. The Morgan fingerprint density at radius 3 is 2.77 bits per heavy atom. The van der Waals surface area contributed by atoms with E-state index in [1.54, 1.807) is 0 Å². The lowest BCUT2D eigenvalue weighted by Gasteiger charge is -2.10. The Bertz CT molecular complexity index is 297. The lowest BCUT2D eigenvalue weighted by atomic mass is 10.1. The number of hydrogen-bond acceptors (Lipinski definition) is 4. The molecular weight excluding hydrogens is 190 g/mol. The van der Waals surface area contributed by atoms with Gasteiger partial charge in [-0.25, -0.2) is 14.3 Å². The molecule has 1 rings (SSSR count). The number of nitrogens with one attached hydrogen (secondary N) is 1. The second-order valence-corrected chi connectivity index (χ2v) is 5.33. The molecule has 1 saturated heterocycles. The summed E-state index contributed by atoms with van der Waals surface area (Å²) in [5.41, 5.74) is 2.47. The van der Waals surface area contributed by atoms with Crippen LogP contribution in [-0.2, 0) is 9.84 Å². The molecule has 0 aromatic heterocycles. The number of hydrazine groups is 1. The van der Waals surface area contributed by atoms with E-state index in [0.29, 0.717) is 18.8 Å². The smallest absolute Gasteiger partial charge is 0.151 e. The third-order valence-corrected chi connectivity index (χ3v) is 3.86. The van der Waals surface area contributed by atoms with E-state index in [2.05, 4.69) is 10.4 Å². The van der Waals surface area contributed by atoms with Gasteiger partial charge in [-0.2, -0.15) is 0 Å². The summed E-state index contributed by atoms with van der Waals surface area (Å²) in [5, 5.41) is 0. The predicted molar refractivity (Wildman–Crippen MR) is 52.1 cm³/mol. The fourth-order valence-electron chi connectivity index (χ4n) is 1.47. The van der Waals surface area contributed by atoms with Crippen LogP contribution in [0.25, 0.3) is 0 Å². The molecule has 0 aromatic rings. The molecule has 0 bridgehead atoms. The molecule has 1 heterocycles. The molecule has 0 aromatic carbocycles. The molecular formula is C7H15N3O2S. The van der Waals surface area contributed by atoms with Gasteiger partial charge in [0.2, 0.25) is 0 Å². The summed E-state index contributed by atoms with van der Waals surface area (Å²) >= 11 is 0. The molecule has 76 valence electrons. The maximum atomic E-state index is 11.1. The molecule has 0 saturated carbocycles. The van der Waals surface area contributed by atoms with E-state index < -0.39 is 9.84 Å². The topological polar surface area (TPSA) is 84.5 Å². The van der Waals surface area contributed by atoms with E-state index in [-0.39, 0.29) is 17.4 Å². The summed E-state index contributed by atoms with van der Waals surface area (Å²) in [5.74, 6) is 6.26. The monoisotopic (exact) mass is 205 g/mol. The Kier molecular flexibility index (Phi) is 3.27. The van der Waals surface area contributed by atoms with Crippen LogP contribution in [0.2, 0.25) is 0 Å². The predicted octanol–water partition coefficient (Wildman–Crippen LogP) is -0.697. The van der Waals surface area contributed by atoms with Crippen molar-refractivity contribution in [3.63, 3.8) is 0 Å². The number of hydrogen-bond donors (Lipinski definition) is 2. The van der Waals surface area contributed by atoms with Crippen molar-refractivity contribution in [2.75, 3.05) is 18.1 Å². The molecule has 1 aliphatic rings. The minimum Gasteiger partial charge on any atom is -0.312 e. The highest BCUT2D eigenvalue weighted by Crippen LogP contribution is 2.18. The summed E-state index contributed by atoms with van der Waals surface area (Å²) in [6, 6.07) is 0. The molecule has 13 heavy (non-hydrogen) atoms. The van der Waals surface area contributed by atoms with Gasteiger partial charge >= 0.3 is 0 Å². The molecule has 1 unspecified atom stereocenters. The molecule has 5 nitrogen and oxygen atoms in total. The molecule has 1 atom stereocenters. The van der Waals surface area contributed by atoms with Gasteiger partial charge in [-0.15, -0.1) is 0 Å². The van der Waals surface area contributed by atoms with E-state index in [1.807, 2.05) is 6.92 Å². The summed E-state index contributed by atoms with van der Waals surface area (Å²) in [4.78, 5) is 4.11. The zero-order valence-electron chi connectivity index (χ0n) is 7.66. The van der Waals surface area contributed by atoms with Crippen LogP contribution < -0.4 is 11.3 Å². The second-order valence-electron chi connectivity index (χ2n) is 3.10. The van der Waals surface area contributed by atoms with E-state index in [4.69, 9.17) is 5.84 Å². The molecule has 1 fully saturated rings. The lowest BCUT2D eigenvalue weighted by molar-refractivity contribution is 0.601. The van der Waals surface area contributed by atoms with Crippen LogP contribution >= 0.6 is 0 Å². The van der Waals surface area contributed by atoms with Gasteiger partial charge in [0.1, 0.15) is 5.84 Å². The van der Waals surface area contributed by atoms with E-state index in [1.165, 1.54) is 0 Å². The van der Waals surface area contributed by atoms with Crippen molar-refractivity contribution in [1.29, 1.82) is 0 Å². The van der Waals surface area contributed by atoms with Gasteiger partial charge < -0.3 is 5.43 Å². The van der Waals surface area contributed by atoms with E-state index in [0.717, 1.165) is 0 Å².